The topological polar surface area (TPSA) is 52.3 Å². The number of rotatable bonds is 4. The molecule has 0 unspecified atom stereocenters. The average Bonchev–Trinajstić information content (AvgIpc) is 2.10. The van der Waals surface area contributed by atoms with Gasteiger partial charge in [-0.25, -0.2) is 0 Å². The number of esters is 1. The molecule has 0 aromatic carbocycles. The Labute approximate surface area is 94.3 Å². The van der Waals surface area contributed by atoms with E-state index in [0.717, 1.165) is 0 Å². The van der Waals surface area contributed by atoms with E-state index in [1.165, 1.54) is 0 Å². The maximum atomic E-state index is 12.1. The van der Waals surface area contributed by atoms with Crippen LogP contribution in [0, 0.1) is 5.92 Å². The predicted octanol–water partition coefficient (Wildman–Crippen LogP) is 1.84. The van der Waals surface area contributed by atoms with Crippen LogP contribution >= 0.6 is 15.9 Å². The standard InChI is InChI=1S/C8H13BrF3NO2/c1-4(2)3-15-7(14)5(9)6(13)8(10,11)12/h4-6H,3,13H2,1-2H3/t5-,6+/m1/s1. The van der Waals surface area contributed by atoms with E-state index in [0.29, 0.717) is 0 Å². The van der Waals surface area contributed by atoms with E-state index in [9.17, 15) is 18.0 Å². The Morgan fingerprint density at radius 2 is 1.93 bits per heavy atom. The van der Waals surface area contributed by atoms with Crippen molar-refractivity contribution in [1.29, 1.82) is 0 Å². The van der Waals surface area contributed by atoms with Gasteiger partial charge in [0.2, 0.25) is 0 Å². The Morgan fingerprint density at radius 1 is 1.47 bits per heavy atom. The fraction of sp³-hybridized carbons (Fsp3) is 0.875. The third-order valence-electron chi connectivity index (χ3n) is 1.48. The zero-order valence-electron chi connectivity index (χ0n) is 8.34. The minimum Gasteiger partial charge on any atom is -0.465 e. The van der Waals surface area contributed by atoms with Gasteiger partial charge in [0.1, 0.15) is 10.9 Å². The number of halogens is 4. The fourth-order valence-corrected chi connectivity index (χ4v) is 1.07. The highest BCUT2D eigenvalue weighted by atomic mass is 79.9. The first-order valence-corrected chi connectivity index (χ1v) is 5.20. The van der Waals surface area contributed by atoms with Gasteiger partial charge in [-0.15, -0.1) is 0 Å². The Hall–Kier alpha value is -0.300. The molecule has 7 heteroatoms. The van der Waals surface area contributed by atoms with Gasteiger partial charge in [0, 0.05) is 0 Å². The molecule has 0 radical (unpaired) electrons. The van der Waals surface area contributed by atoms with E-state index in [1.54, 1.807) is 13.8 Å². The van der Waals surface area contributed by atoms with Crippen molar-refractivity contribution in [3.8, 4) is 0 Å². The normalized spacial score (nSPS) is 16.3. The van der Waals surface area contributed by atoms with Gasteiger partial charge in [-0.05, 0) is 5.92 Å². The van der Waals surface area contributed by atoms with Gasteiger partial charge in [0.05, 0.1) is 6.61 Å². The summed E-state index contributed by atoms with van der Waals surface area (Å²) in [6.07, 6.45) is -4.62. The summed E-state index contributed by atoms with van der Waals surface area (Å²) in [5, 5.41) is 0. The lowest BCUT2D eigenvalue weighted by Crippen LogP contribution is -2.48. The summed E-state index contributed by atoms with van der Waals surface area (Å²) in [5.74, 6) is -0.927. The van der Waals surface area contributed by atoms with Gasteiger partial charge in [-0.1, -0.05) is 29.8 Å². The monoisotopic (exact) mass is 291 g/mol. The molecule has 0 fully saturated rings. The summed E-state index contributed by atoms with van der Waals surface area (Å²) in [5.41, 5.74) is 4.83. The van der Waals surface area contributed by atoms with Crippen LogP contribution in [-0.2, 0) is 9.53 Å². The predicted molar refractivity (Wildman–Crippen MR) is 52.5 cm³/mol. The van der Waals surface area contributed by atoms with Crippen molar-refractivity contribution in [2.45, 2.75) is 30.9 Å². The Bertz CT molecular complexity index is 220. The third kappa shape index (κ3) is 5.36. The molecule has 0 aliphatic rings. The van der Waals surface area contributed by atoms with Gasteiger partial charge >= 0.3 is 12.1 Å². The molecule has 0 spiro atoms. The van der Waals surface area contributed by atoms with Crippen LogP contribution in [0.2, 0.25) is 0 Å². The molecule has 0 bridgehead atoms. The summed E-state index contributed by atoms with van der Waals surface area (Å²) in [4.78, 5) is 9.53. The highest BCUT2D eigenvalue weighted by molar-refractivity contribution is 9.10. The van der Waals surface area contributed by atoms with Crippen molar-refractivity contribution in [3.05, 3.63) is 0 Å². The van der Waals surface area contributed by atoms with E-state index in [1.807, 2.05) is 0 Å². The van der Waals surface area contributed by atoms with E-state index < -0.39 is 23.0 Å². The smallest absolute Gasteiger partial charge is 0.405 e. The van der Waals surface area contributed by atoms with Crippen molar-refractivity contribution in [2.24, 2.45) is 11.7 Å². The van der Waals surface area contributed by atoms with Crippen LogP contribution < -0.4 is 5.73 Å². The molecule has 0 heterocycles. The SMILES string of the molecule is CC(C)COC(=O)[C@H](Br)[C@H](N)C(F)(F)F. The molecule has 0 amide bonds. The van der Waals surface area contributed by atoms with Crippen LogP contribution in [-0.4, -0.2) is 29.6 Å². The Morgan fingerprint density at radius 3 is 2.27 bits per heavy atom. The number of alkyl halides is 4. The number of carbonyl (C=O) groups is 1. The first-order chi connectivity index (χ1) is 6.66. The van der Waals surface area contributed by atoms with E-state index in [-0.39, 0.29) is 12.5 Å². The lowest BCUT2D eigenvalue weighted by atomic mass is 10.2. The number of ether oxygens (including phenoxy) is 1. The zero-order valence-corrected chi connectivity index (χ0v) is 9.93. The highest BCUT2D eigenvalue weighted by Crippen LogP contribution is 2.24. The second-order valence-corrected chi connectivity index (χ2v) is 4.48. The molecular weight excluding hydrogens is 279 g/mol. The number of nitrogens with two attached hydrogens (primary N) is 1. The second kappa shape index (κ2) is 5.69. The molecular formula is C8H13BrF3NO2. The summed E-state index contributed by atoms with van der Waals surface area (Å²) in [7, 11) is 0. The van der Waals surface area contributed by atoms with Gasteiger partial charge in [-0.3, -0.25) is 4.79 Å². The van der Waals surface area contributed by atoms with Crippen LogP contribution in [0.1, 0.15) is 13.8 Å². The molecule has 0 aliphatic heterocycles. The molecule has 3 nitrogen and oxygen atoms in total. The third-order valence-corrected chi connectivity index (χ3v) is 2.42. The summed E-state index contributed by atoms with van der Waals surface area (Å²) in [6, 6.07) is -2.25. The number of carbonyl (C=O) groups excluding carboxylic acids is 1. The molecule has 2 N–H and O–H groups in total. The van der Waals surface area contributed by atoms with E-state index in [2.05, 4.69) is 20.7 Å². The van der Waals surface area contributed by atoms with Crippen molar-refractivity contribution in [1.82, 2.24) is 0 Å². The molecule has 2 atom stereocenters. The largest absolute Gasteiger partial charge is 0.465 e. The van der Waals surface area contributed by atoms with Gasteiger partial charge in [-0.2, -0.15) is 13.2 Å². The molecule has 0 saturated carbocycles. The summed E-state index contributed by atoms with van der Waals surface area (Å²) in [6.45, 7) is 3.63. The lowest BCUT2D eigenvalue weighted by molar-refractivity contribution is -0.162. The van der Waals surface area contributed by atoms with Crippen LogP contribution in [0.3, 0.4) is 0 Å². The van der Waals surface area contributed by atoms with Crippen molar-refractivity contribution >= 4 is 21.9 Å². The highest BCUT2D eigenvalue weighted by Gasteiger charge is 2.44. The molecule has 0 aromatic heterocycles. The number of hydrogen-bond acceptors (Lipinski definition) is 3. The second-order valence-electron chi connectivity index (χ2n) is 3.49. The van der Waals surface area contributed by atoms with Gasteiger partial charge < -0.3 is 10.5 Å². The molecule has 90 valence electrons. The van der Waals surface area contributed by atoms with Gasteiger partial charge in [0.15, 0.2) is 0 Å². The molecule has 0 aromatic rings. The molecule has 0 saturated heterocycles. The van der Waals surface area contributed by atoms with Crippen molar-refractivity contribution in [3.63, 3.8) is 0 Å². The average molecular weight is 292 g/mol. The maximum Gasteiger partial charge on any atom is 0.405 e. The maximum absolute atomic E-state index is 12.1. The van der Waals surface area contributed by atoms with E-state index >= 15 is 0 Å². The van der Waals surface area contributed by atoms with Crippen LogP contribution in [0.25, 0.3) is 0 Å². The first-order valence-electron chi connectivity index (χ1n) is 4.29. The lowest BCUT2D eigenvalue weighted by Gasteiger charge is -2.20. The Balaban J connectivity index is 4.20. The molecule has 0 aliphatic carbocycles. The van der Waals surface area contributed by atoms with Gasteiger partial charge in [0.25, 0.3) is 0 Å². The summed E-state index contributed by atoms with van der Waals surface area (Å²) >= 11 is 2.58. The molecule has 0 rings (SSSR count). The molecule has 15 heavy (non-hydrogen) atoms. The first kappa shape index (κ1) is 14.7. The fourth-order valence-electron chi connectivity index (χ4n) is 0.641. The summed E-state index contributed by atoms with van der Waals surface area (Å²) < 4.78 is 40.9. The van der Waals surface area contributed by atoms with Crippen LogP contribution in [0.15, 0.2) is 0 Å². The van der Waals surface area contributed by atoms with E-state index in [4.69, 9.17) is 5.73 Å². The van der Waals surface area contributed by atoms with Crippen molar-refractivity contribution < 1.29 is 22.7 Å². The minimum absolute atomic E-state index is 0.0655. The van der Waals surface area contributed by atoms with Crippen LogP contribution in [0.4, 0.5) is 13.2 Å². The number of hydrogen-bond donors (Lipinski definition) is 1. The van der Waals surface area contributed by atoms with Crippen LogP contribution in [0.5, 0.6) is 0 Å². The zero-order chi connectivity index (χ0) is 12.2. The quantitative estimate of drug-likeness (QED) is 0.635. The minimum atomic E-state index is -4.62. The Kier molecular flexibility index (Phi) is 5.58. The van der Waals surface area contributed by atoms with Crippen molar-refractivity contribution in [2.75, 3.05) is 6.61 Å².